The first-order valence-electron chi connectivity index (χ1n) is 13.2. The number of aliphatic carboxylic acids is 1. The lowest BCUT2D eigenvalue weighted by Crippen LogP contribution is -2.44. The Morgan fingerprint density at radius 1 is 0.865 bits per heavy atom. The fourth-order valence-corrected chi connectivity index (χ4v) is 5.73. The van der Waals surface area contributed by atoms with Crippen molar-refractivity contribution < 1.29 is 19.8 Å². The number of likely N-dealkylation sites (tertiary alicyclic amines) is 1. The molecule has 3 aromatic carbocycles. The summed E-state index contributed by atoms with van der Waals surface area (Å²) in [6, 6.07) is 23.5. The highest BCUT2D eigenvalue weighted by atomic mass is 16.4. The van der Waals surface area contributed by atoms with E-state index in [0.717, 1.165) is 66.7 Å². The number of hydrogen-bond donors (Lipinski definition) is 2. The number of carboxylic acid groups (broad SMARTS) is 1. The first kappa shape index (κ1) is 26.8. The molecule has 0 bridgehead atoms. The second-order valence-corrected chi connectivity index (χ2v) is 10.2. The summed E-state index contributed by atoms with van der Waals surface area (Å²) >= 11 is 0. The van der Waals surface area contributed by atoms with E-state index in [1.807, 2.05) is 74.5 Å². The minimum absolute atomic E-state index is 0.0270. The van der Waals surface area contributed by atoms with Gasteiger partial charge in [0.2, 0.25) is 0 Å². The minimum Gasteiger partial charge on any atom is -0.481 e. The molecule has 5 heteroatoms. The SMILES string of the molecule is Cc1c(CC(=O)O)ccc(C(=O)CCCN2CCC(C(O)(c3ccccc3)c3ccccc3)CC2)c1C. The highest BCUT2D eigenvalue weighted by molar-refractivity contribution is 5.97. The van der Waals surface area contributed by atoms with E-state index in [1.165, 1.54) is 0 Å². The Morgan fingerprint density at radius 2 is 1.43 bits per heavy atom. The van der Waals surface area contributed by atoms with Crippen molar-refractivity contribution in [2.45, 2.75) is 51.6 Å². The van der Waals surface area contributed by atoms with Gasteiger partial charge in [-0.05, 0) is 86.5 Å². The van der Waals surface area contributed by atoms with Gasteiger partial charge in [-0.3, -0.25) is 9.59 Å². The Balaban J connectivity index is 1.34. The third-order valence-electron chi connectivity index (χ3n) is 8.03. The van der Waals surface area contributed by atoms with Gasteiger partial charge in [0.1, 0.15) is 5.60 Å². The lowest BCUT2D eigenvalue weighted by molar-refractivity contribution is -0.136. The molecule has 1 aliphatic heterocycles. The van der Waals surface area contributed by atoms with Gasteiger partial charge in [0.05, 0.1) is 6.42 Å². The molecule has 0 atom stereocenters. The van der Waals surface area contributed by atoms with Crippen molar-refractivity contribution in [1.82, 2.24) is 4.90 Å². The quantitative estimate of drug-likeness (QED) is 0.358. The Kier molecular flexibility index (Phi) is 8.57. The average molecular weight is 500 g/mol. The van der Waals surface area contributed by atoms with Gasteiger partial charge in [-0.2, -0.15) is 0 Å². The molecule has 0 radical (unpaired) electrons. The van der Waals surface area contributed by atoms with Crippen LogP contribution in [0, 0.1) is 19.8 Å². The Morgan fingerprint density at radius 3 is 1.97 bits per heavy atom. The van der Waals surface area contributed by atoms with E-state index in [4.69, 9.17) is 5.11 Å². The van der Waals surface area contributed by atoms with Crippen molar-refractivity contribution in [1.29, 1.82) is 0 Å². The minimum atomic E-state index is -1.02. The van der Waals surface area contributed by atoms with Crippen LogP contribution in [0.4, 0.5) is 0 Å². The maximum Gasteiger partial charge on any atom is 0.307 e. The van der Waals surface area contributed by atoms with E-state index in [-0.39, 0.29) is 18.1 Å². The van der Waals surface area contributed by atoms with Crippen LogP contribution in [0.2, 0.25) is 0 Å². The number of aliphatic hydroxyl groups is 1. The summed E-state index contributed by atoms with van der Waals surface area (Å²) in [6.07, 6.45) is 2.99. The monoisotopic (exact) mass is 499 g/mol. The van der Waals surface area contributed by atoms with Crippen molar-refractivity contribution >= 4 is 11.8 Å². The van der Waals surface area contributed by atoms with Crippen molar-refractivity contribution in [2.24, 2.45) is 5.92 Å². The second kappa shape index (κ2) is 11.8. The Bertz CT molecular complexity index is 1170. The predicted octanol–water partition coefficient (Wildman–Crippen LogP) is 5.54. The van der Waals surface area contributed by atoms with Gasteiger partial charge < -0.3 is 15.1 Å². The second-order valence-electron chi connectivity index (χ2n) is 10.2. The van der Waals surface area contributed by atoms with Crippen LogP contribution >= 0.6 is 0 Å². The molecule has 0 amide bonds. The molecule has 0 saturated carbocycles. The van der Waals surface area contributed by atoms with Crippen LogP contribution in [0.5, 0.6) is 0 Å². The van der Waals surface area contributed by atoms with Gasteiger partial charge >= 0.3 is 5.97 Å². The fourth-order valence-electron chi connectivity index (χ4n) is 5.73. The molecular weight excluding hydrogens is 462 g/mol. The van der Waals surface area contributed by atoms with E-state index in [0.29, 0.717) is 12.0 Å². The lowest BCUT2D eigenvalue weighted by atomic mass is 9.72. The summed E-state index contributed by atoms with van der Waals surface area (Å²) in [6.45, 7) is 6.42. The van der Waals surface area contributed by atoms with E-state index >= 15 is 0 Å². The summed E-state index contributed by atoms with van der Waals surface area (Å²) in [5, 5.41) is 21.2. The van der Waals surface area contributed by atoms with Crippen LogP contribution < -0.4 is 0 Å². The van der Waals surface area contributed by atoms with Crippen LogP contribution in [0.25, 0.3) is 0 Å². The van der Waals surface area contributed by atoms with Crippen molar-refractivity contribution in [2.75, 3.05) is 19.6 Å². The van der Waals surface area contributed by atoms with Crippen LogP contribution in [-0.2, 0) is 16.8 Å². The molecule has 1 fully saturated rings. The summed E-state index contributed by atoms with van der Waals surface area (Å²) in [5.74, 6) is -0.638. The van der Waals surface area contributed by atoms with Crippen LogP contribution in [0.3, 0.4) is 0 Å². The molecule has 0 aromatic heterocycles. The number of hydrogen-bond acceptors (Lipinski definition) is 4. The standard InChI is InChI=1S/C32H37NO4/c1-23-24(2)29(16-15-25(23)22-31(35)36)30(34)14-9-19-33-20-17-28(18-21-33)32(37,26-10-5-3-6-11-26)27-12-7-4-8-13-27/h3-8,10-13,15-16,28,37H,9,14,17-22H2,1-2H3,(H,35,36). The maximum absolute atomic E-state index is 12.9. The van der Waals surface area contributed by atoms with E-state index in [2.05, 4.69) is 4.90 Å². The molecule has 1 heterocycles. The van der Waals surface area contributed by atoms with Crippen LogP contribution in [0.1, 0.15) is 63.9 Å². The highest BCUT2D eigenvalue weighted by Gasteiger charge is 2.41. The number of carbonyl (C=O) groups excluding carboxylic acids is 1. The number of rotatable bonds is 10. The number of carboxylic acids is 1. The molecule has 3 aromatic rings. The van der Waals surface area contributed by atoms with Crippen molar-refractivity contribution in [3.05, 3.63) is 106 Å². The zero-order valence-electron chi connectivity index (χ0n) is 21.8. The first-order valence-corrected chi connectivity index (χ1v) is 13.2. The van der Waals surface area contributed by atoms with Gasteiger partial charge in [0.15, 0.2) is 5.78 Å². The summed E-state index contributed by atoms with van der Waals surface area (Å²) < 4.78 is 0. The summed E-state index contributed by atoms with van der Waals surface area (Å²) in [4.78, 5) is 26.4. The first-order chi connectivity index (χ1) is 17.8. The molecule has 194 valence electrons. The molecule has 1 saturated heterocycles. The molecule has 1 aliphatic rings. The Labute approximate surface area is 219 Å². The molecule has 0 unspecified atom stereocenters. The van der Waals surface area contributed by atoms with Crippen LogP contribution in [0.15, 0.2) is 72.8 Å². The van der Waals surface area contributed by atoms with Crippen molar-refractivity contribution in [3.8, 4) is 0 Å². The molecule has 37 heavy (non-hydrogen) atoms. The summed E-state index contributed by atoms with van der Waals surface area (Å²) in [5.41, 5.74) is 4.07. The smallest absolute Gasteiger partial charge is 0.307 e. The predicted molar refractivity (Wildman–Crippen MR) is 146 cm³/mol. The summed E-state index contributed by atoms with van der Waals surface area (Å²) in [7, 11) is 0. The van der Waals surface area contributed by atoms with E-state index < -0.39 is 11.6 Å². The van der Waals surface area contributed by atoms with Crippen molar-refractivity contribution in [3.63, 3.8) is 0 Å². The molecule has 0 aliphatic carbocycles. The van der Waals surface area contributed by atoms with Gasteiger partial charge in [0.25, 0.3) is 0 Å². The molecule has 0 spiro atoms. The molecule has 2 N–H and O–H groups in total. The molecule has 4 rings (SSSR count). The number of nitrogens with zero attached hydrogens (tertiary/aromatic N) is 1. The number of benzene rings is 3. The highest BCUT2D eigenvalue weighted by Crippen LogP contribution is 2.41. The lowest BCUT2D eigenvalue weighted by Gasteiger charge is -2.42. The number of carbonyl (C=O) groups is 2. The average Bonchev–Trinajstić information content (AvgIpc) is 2.92. The third kappa shape index (κ3) is 6.00. The molecule has 5 nitrogen and oxygen atoms in total. The largest absolute Gasteiger partial charge is 0.481 e. The number of Topliss-reactive ketones (excluding diaryl/α,β-unsaturated/α-hetero) is 1. The van der Waals surface area contributed by atoms with Gasteiger partial charge in [0, 0.05) is 12.0 Å². The fraction of sp³-hybridized carbons (Fsp3) is 0.375. The van der Waals surface area contributed by atoms with E-state index in [1.54, 1.807) is 12.1 Å². The molecular formula is C32H37NO4. The Hall–Kier alpha value is -3.28. The van der Waals surface area contributed by atoms with Gasteiger partial charge in [-0.15, -0.1) is 0 Å². The van der Waals surface area contributed by atoms with Crippen LogP contribution in [-0.4, -0.2) is 46.5 Å². The number of piperidine rings is 1. The zero-order chi connectivity index (χ0) is 26.4. The zero-order valence-corrected chi connectivity index (χ0v) is 21.8. The van der Waals surface area contributed by atoms with E-state index in [9.17, 15) is 14.7 Å². The van der Waals surface area contributed by atoms with Gasteiger partial charge in [-0.1, -0.05) is 72.8 Å². The maximum atomic E-state index is 12.9. The van der Waals surface area contributed by atoms with Gasteiger partial charge in [-0.25, -0.2) is 0 Å². The normalized spacial score (nSPS) is 15.0. The topological polar surface area (TPSA) is 77.8 Å². The third-order valence-corrected chi connectivity index (χ3v) is 8.03. The number of ketones is 1.